The lowest BCUT2D eigenvalue weighted by molar-refractivity contribution is 1.38. The molecule has 1 nitrogen and oxygen atoms in total. The summed E-state index contributed by atoms with van der Waals surface area (Å²) in [7, 11) is 0. The summed E-state index contributed by atoms with van der Waals surface area (Å²) in [5.74, 6) is 0. The molecule has 0 saturated heterocycles. The zero-order chi connectivity index (χ0) is 19.8. The van der Waals surface area contributed by atoms with E-state index >= 15 is 0 Å². The first-order valence-corrected chi connectivity index (χ1v) is 8.68. The minimum atomic E-state index is -0.389. The highest BCUT2D eigenvalue weighted by Crippen LogP contribution is 2.36. The SMILES string of the molecule is [2H]c1c([2H])c([2H])c(-c2cc(-c3ccccc3)nc(-c3cccs3)[s+]2)c([2H])c1[2H]. The van der Waals surface area contributed by atoms with E-state index in [-0.39, 0.29) is 35.8 Å². The van der Waals surface area contributed by atoms with Crippen LogP contribution in [-0.4, -0.2) is 4.98 Å². The van der Waals surface area contributed by atoms with Crippen LogP contribution in [0.3, 0.4) is 0 Å². The summed E-state index contributed by atoms with van der Waals surface area (Å²) in [5.41, 5.74) is 1.81. The summed E-state index contributed by atoms with van der Waals surface area (Å²) in [6.45, 7) is 0. The Bertz CT molecular complexity index is 1130. The Morgan fingerprint density at radius 3 is 2.48 bits per heavy atom. The Morgan fingerprint density at radius 2 is 1.74 bits per heavy atom. The van der Waals surface area contributed by atoms with Gasteiger partial charge in [0.1, 0.15) is 4.88 Å². The lowest BCUT2D eigenvalue weighted by Gasteiger charge is -2.00. The fourth-order valence-electron chi connectivity index (χ4n) is 2.18. The van der Waals surface area contributed by atoms with Crippen LogP contribution >= 0.6 is 22.7 Å². The van der Waals surface area contributed by atoms with Crippen LogP contribution in [0.1, 0.15) is 6.85 Å². The highest BCUT2D eigenvalue weighted by atomic mass is 32.1. The van der Waals surface area contributed by atoms with Gasteiger partial charge in [-0.3, -0.25) is 0 Å². The normalized spacial score (nSPS) is 13.7. The van der Waals surface area contributed by atoms with Gasteiger partial charge in [-0.25, -0.2) is 0 Å². The van der Waals surface area contributed by atoms with Crippen LogP contribution in [0.4, 0.5) is 0 Å². The van der Waals surface area contributed by atoms with Crippen molar-refractivity contribution >= 4 is 22.7 Å². The molecule has 110 valence electrons. The molecule has 4 rings (SSSR count). The van der Waals surface area contributed by atoms with Crippen molar-refractivity contribution in [2.75, 3.05) is 0 Å². The summed E-state index contributed by atoms with van der Waals surface area (Å²) in [6.07, 6.45) is 0. The van der Waals surface area contributed by atoms with Gasteiger partial charge in [-0.15, -0.1) is 11.3 Å². The summed E-state index contributed by atoms with van der Waals surface area (Å²) < 4.78 is 40.4. The molecule has 0 spiro atoms. The summed E-state index contributed by atoms with van der Waals surface area (Å²) >= 11 is 2.88. The number of hydrogen-bond acceptors (Lipinski definition) is 2. The molecule has 0 aliphatic carbocycles. The lowest BCUT2D eigenvalue weighted by atomic mass is 10.1. The van der Waals surface area contributed by atoms with Crippen molar-refractivity contribution in [3.05, 3.63) is 84.1 Å². The molecule has 0 saturated carbocycles. The molecule has 0 unspecified atom stereocenters. The van der Waals surface area contributed by atoms with Gasteiger partial charge in [0.25, 0.3) is 11.3 Å². The van der Waals surface area contributed by atoms with E-state index < -0.39 is 0 Å². The van der Waals surface area contributed by atoms with E-state index in [4.69, 9.17) is 11.8 Å². The monoisotopic (exact) mass is 337 g/mol. The highest BCUT2D eigenvalue weighted by molar-refractivity contribution is 7.22. The van der Waals surface area contributed by atoms with Crippen molar-refractivity contribution in [2.45, 2.75) is 0 Å². The Morgan fingerprint density at radius 1 is 0.913 bits per heavy atom. The lowest BCUT2D eigenvalue weighted by Crippen LogP contribution is -1.87. The van der Waals surface area contributed by atoms with Gasteiger partial charge in [0.15, 0.2) is 0 Å². The predicted molar refractivity (Wildman–Crippen MR) is 101 cm³/mol. The van der Waals surface area contributed by atoms with E-state index in [2.05, 4.69) is 0 Å². The molecule has 3 heteroatoms. The topological polar surface area (TPSA) is 12.9 Å². The van der Waals surface area contributed by atoms with E-state index in [1.54, 1.807) is 17.4 Å². The van der Waals surface area contributed by atoms with Gasteiger partial charge in [0, 0.05) is 17.2 Å². The molecule has 0 N–H and O–H groups in total. The molecule has 2 aromatic heterocycles. The quantitative estimate of drug-likeness (QED) is 0.389. The van der Waals surface area contributed by atoms with E-state index in [9.17, 15) is 0 Å². The van der Waals surface area contributed by atoms with E-state index in [0.29, 0.717) is 10.6 Å². The van der Waals surface area contributed by atoms with Crippen LogP contribution in [0, 0.1) is 0 Å². The van der Waals surface area contributed by atoms with E-state index in [0.717, 1.165) is 15.4 Å². The van der Waals surface area contributed by atoms with Gasteiger partial charge in [-0.05, 0) is 23.5 Å². The minimum Gasteiger partial charge on any atom is -0.192 e. The van der Waals surface area contributed by atoms with Crippen molar-refractivity contribution in [2.24, 2.45) is 0 Å². The Labute approximate surface area is 150 Å². The zero-order valence-corrected chi connectivity index (χ0v) is 13.6. The van der Waals surface area contributed by atoms with Crippen molar-refractivity contribution in [3.8, 4) is 31.6 Å². The number of rotatable bonds is 3. The molecule has 0 bridgehead atoms. The second kappa shape index (κ2) is 6.41. The predicted octanol–water partition coefficient (Wildman–Crippen LogP) is 6.49. The molecule has 0 aliphatic heterocycles. The fraction of sp³-hybridized carbons (Fsp3) is 0. The third kappa shape index (κ3) is 3.07. The number of hydrogen-bond donors (Lipinski definition) is 0. The standard InChI is InChI=1S/C20H14NS2/c1-3-8-15(9-4-1)17-14-19(16-10-5-2-6-11-16)23-20(21-17)18-12-7-13-22-18/h1-14H/q+1/i2D,5D,6D,10D,11D. The first-order valence-electron chi connectivity index (χ1n) is 9.49. The summed E-state index contributed by atoms with van der Waals surface area (Å²) in [6, 6.07) is 13.9. The molecular weight excluding hydrogens is 318 g/mol. The van der Waals surface area contributed by atoms with E-state index in [1.165, 1.54) is 11.3 Å². The average Bonchev–Trinajstić information content (AvgIpc) is 3.26. The van der Waals surface area contributed by atoms with Gasteiger partial charge in [-0.1, -0.05) is 54.5 Å². The second-order valence-corrected chi connectivity index (χ2v) is 6.73. The number of thiophene rings is 1. The third-order valence-electron chi connectivity index (χ3n) is 3.24. The first kappa shape index (κ1) is 9.71. The molecule has 0 aliphatic rings. The number of benzene rings is 2. The highest BCUT2D eigenvalue weighted by Gasteiger charge is 2.21. The zero-order valence-electron chi connectivity index (χ0n) is 17.0. The molecule has 0 fully saturated rings. The second-order valence-electron chi connectivity index (χ2n) is 4.76. The van der Waals surface area contributed by atoms with Crippen LogP contribution in [0.25, 0.3) is 31.6 Å². The molecule has 2 aromatic carbocycles. The van der Waals surface area contributed by atoms with Gasteiger partial charge < -0.3 is 0 Å². The van der Waals surface area contributed by atoms with Gasteiger partial charge in [0.05, 0.1) is 12.5 Å². The van der Waals surface area contributed by atoms with Crippen molar-refractivity contribution in [1.82, 2.24) is 4.98 Å². The largest absolute Gasteiger partial charge is 0.341 e. The average molecular weight is 338 g/mol. The van der Waals surface area contributed by atoms with Crippen LogP contribution < -0.4 is 0 Å². The van der Waals surface area contributed by atoms with Crippen LogP contribution in [-0.2, 0) is 0 Å². The van der Waals surface area contributed by atoms with Gasteiger partial charge >= 0.3 is 5.01 Å². The Hall–Kier alpha value is -2.36. The summed E-state index contributed by atoms with van der Waals surface area (Å²) in [5, 5.41) is 2.71. The van der Waals surface area contributed by atoms with Crippen molar-refractivity contribution in [1.29, 1.82) is 0 Å². The smallest absolute Gasteiger partial charge is 0.192 e. The number of nitrogens with zero attached hydrogens (tertiary/aromatic N) is 1. The number of aromatic nitrogens is 1. The molecular formula is C20H14NS2+. The van der Waals surface area contributed by atoms with Crippen LogP contribution in [0.15, 0.2) is 84.1 Å². The van der Waals surface area contributed by atoms with Gasteiger partial charge in [0.2, 0.25) is 4.88 Å². The Kier molecular flexibility index (Phi) is 2.70. The minimum absolute atomic E-state index is 0.202. The fourth-order valence-corrected chi connectivity index (χ4v) is 3.95. The van der Waals surface area contributed by atoms with Crippen LogP contribution in [0.2, 0.25) is 0 Å². The molecule has 0 amide bonds. The maximum Gasteiger partial charge on any atom is 0.341 e. The van der Waals surface area contributed by atoms with E-state index in [1.807, 2.05) is 47.8 Å². The summed E-state index contributed by atoms with van der Waals surface area (Å²) in [4.78, 5) is 6.33. The molecule has 0 atom stereocenters. The van der Waals surface area contributed by atoms with Crippen LogP contribution in [0.5, 0.6) is 0 Å². The molecule has 4 aromatic rings. The first-order chi connectivity index (χ1) is 13.5. The molecule has 2 heterocycles. The molecule has 0 radical (unpaired) electrons. The van der Waals surface area contributed by atoms with Crippen molar-refractivity contribution in [3.63, 3.8) is 0 Å². The van der Waals surface area contributed by atoms with Gasteiger partial charge in [-0.2, -0.15) is 4.98 Å². The third-order valence-corrected chi connectivity index (χ3v) is 5.30. The molecule has 23 heavy (non-hydrogen) atoms. The maximum atomic E-state index is 8.31. The maximum absolute atomic E-state index is 8.31. The van der Waals surface area contributed by atoms with Crippen molar-refractivity contribution < 1.29 is 6.85 Å². The Balaban J connectivity index is 2.02.